The third-order valence-corrected chi connectivity index (χ3v) is 4.65. The van der Waals surface area contributed by atoms with E-state index in [1.54, 1.807) is 17.1 Å². The minimum Gasteiger partial charge on any atom is -0.333 e. The number of hydrogen-bond acceptors (Lipinski definition) is 4. The molecule has 3 aromatic rings. The van der Waals surface area contributed by atoms with Crippen LogP contribution < -0.4 is 5.32 Å². The number of carbonyl (C=O) groups is 1. The van der Waals surface area contributed by atoms with Gasteiger partial charge in [0, 0.05) is 38.2 Å². The highest BCUT2D eigenvalue weighted by Crippen LogP contribution is 2.22. The van der Waals surface area contributed by atoms with Crippen LogP contribution in [0.4, 0.5) is 0 Å². The van der Waals surface area contributed by atoms with Gasteiger partial charge in [-0.25, -0.2) is 4.68 Å². The van der Waals surface area contributed by atoms with Crippen molar-refractivity contribution in [3.63, 3.8) is 0 Å². The molecule has 1 unspecified atom stereocenters. The van der Waals surface area contributed by atoms with Crippen molar-refractivity contribution in [1.29, 1.82) is 0 Å². The fraction of sp³-hybridized carbons (Fsp3) is 0.250. The van der Waals surface area contributed by atoms with Gasteiger partial charge in [0.05, 0.1) is 24.3 Å². The van der Waals surface area contributed by atoms with Crippen molar-refractivity contribution in [2.75, 3.05) is 19.6 Å². The molecule has 0 spiro atoms. The van der Waals surface area contributed by atoms with E-state index in [2.05, 4.69) is 15.4 Å². The van der Waals surface area contributed by atoms with Gasteiger partial charge >= 0.3 is 0 Å². The molecule has 4 rings (SSSR count). The van der Waals surface area contributed by atoms with Gasteiger partial charge in [-0.15, -0.1) is 12.4 Å². The number of halogens is 1. The molecule has 1 atom stereocenters. The molecule has 3 heterocycles. The van der Waals surface area contributed by atoms with Gasteiger partial charge in [0.1, 0.15) is 0 Å². The van der Waals surface area contributed by atoms with Crippen LogP contribution in [0.3, 0.4) is 0 Å². The van der Waals surface area contributed by atoms with Gasteiger partial charge in [0.2, 0.25) is 5.91 Å². The summed E-state index contributed by atoms with van der Waals surface area (Å²) in [5, 5.41) is 7.75. The third-order valence-electron chi connectivity index (χ3n) is 4.65. The highest BCUT2D eigenvalue weighted by atomic mass is 35.5. The molecule has 0 bridgehead atoms. The summed E-state index contributed by atoms with van der Waals surface area (Å²) >= 11 is 0. The van der Waals surface area contributed by atoms with Crippen LogP contribution in [-0.2, 0) is 11.2 Å². The quantitative estimate of drug-likeness (QED) is 0.751. The topological polar surface area (TPSA) is 63.1 Å². The minimum atomic E-state index is 0. The summed E-state index contributed by atoms with van der Waals surface area (Å²) in [6, 6.07) is 13.9. The lowest BCUT2D eigenvalue weighted by atomic mass is 10.0. The van der Waals surface area contributed by atoms with Crippen molar-refractivity contribution in [1.82, 2.24) is 25.0 Å². The lowest BCUT2D eigenvalue weighted by Crippen LogP contribution is -2.49. The molecule has 2 aromatic heterocycles. The van der Waals surface area contributed by atoms with E-state index in [1.807, 2.05) is 59.8 Å². The van der Waals surface area contributed by atoms with E-state index in [-0.39, 0.29) is 24.4 Å². The van der Waals surface area contributed by atoms with E-state index < -0.39 is 0 Å². The maximum Gasteiger partial charge on any atom is 0.227 e. The molecular weight excluding hydrogens is 362 g/mol. The number of hydrogen-bond donors (Lipinski definition) is 1. The first kappa shape index (κ1) is 19.1. The number of amides is 1. The lowest BCUT2D eigenvalue weighted by molar-refractivity contribution is -0.133. The van der Waals surface area contributed by atoms with Crippen molar-refractivity contribution in [2.45, 2.75) is 12.5 Å². The van der Waals surface area contributed by atoms with Gasteiger partial charge in [0.25, 0.3) is 0 Å². The molecule has 27 heavy (non-hydrogen) atoms. The normalized spacial score (nSPS) is 16.6. The Labute approximate surface area is 164 Å². The van der Waals surface area contributed by atoms with Gasteiger partial charge < -0.3 is 10.2 Å². The Kier molecular flexibility index (Phi) is 6.21. The summed E-state index contributed by atoms with van der Waals surface area (Å²) in [6.45, 7) is 2.26. The average molecular weight is 384 g/mol. The van der Waals surface area contributed by atoms with Crippen LogP contribution in [0.15, 0.2) is 67.3 Å². The van der Waals surface area contributed by atoms with Crippen LogP contribution in [0.1, 0.15) is 17.2 Å². The zero-order valence-corrected chi connectivity index (χ0v) is 15.7. The molecule has 1 aliphatic rings. The van der Waals surface area contributed by atoms with Gasteiger partial charge in [0.15, 0.2) is 0 Å². The van der Waals surface area contributed by atoms with E-state index in [9.17, 15) is 4.79 Å². The van der Waals surface area contributed by atoms with Crippen molar-refractivity contribution in [3.8, 4) is 5.69 Å². The van der Waals surface area contributed by atoms with Crippen molar-refractivity contribution in [2.24, 2.45) is 0 Å². The largest absolute Gasteiger partial charge is 0.333 e. The standard InChI is InChI=1S/C20H21N5O.ClH/c26-20(11-16-12-23-25(15-16)18-6-2-1-3-7-18)24-10-9-22-14-19(24)17-5-4-8-21-13-17;/h1-8,12-13,15,19,22H,9-11,14H2;1H. The van der Waals surface area contributed by atoms with Crippen molar-refractivity contribution in [3.05, 3.63) is 78.4 Å². The molecule has 0 saturated carbocycles. The highest BCUT2D eigenvalue weighted by Gasteiger charge is 2.28. The molecule has 1 fully saturated rings. The smallest absolute Gasteiger partial charge is 0.227 e. The molecule has 140 valence electrons. The molecule has 0 radical (unpaired) electrons. The highest BCUT2D eigenvalue weighted by molar-refractivity contribution is 5.85. The first-order chi connectivity index (χ1) is 12.8. The van der Waals surface area contributed by atoms with Crippen LogP contribution in [0.25, 0.3) is 5.69 Å². The number of nitrogens with one attached hydrogen (secondary N) is 1. The van der Waals surface area contributed by atoms with E-state index >= 15 is 0 Å². The van der Waals surface area contributed by atoms with Gasteiger partial charge in [-0.05, 0) is 29.3 Å². The van der Waals surface area contributed by atoms with Crippen molar-refractivity contribution >= 4 is 18.3 Å². The zero-order valence-electron chi connectivity index (χ0n) is 14.9. The SMILES string of the molecule is Cl.O=C(Cc1cnn(-c2ccccc2)c1)N1CCNCC1c1cccnc1. The molecule has 1 aromatic carbocycles. The summed E-state index contributed by atoms with van der Waals surface area (Å²) in [5.74, 6) is 0.118. The summed E-state index contributed by atoms with van der Waals surface area (Å²) in [4.78, 5) is 19.1. The monoisotopic (exact) mass is 383 g/mol. The van der Waals surface area contributed by atoms with E-state index in [1.165, 1.54) is 0 Å². The Hall–Kier alpha value is -2.70. The Morgan fingerprint density at radius 2 is 2.00 bits per heavy atom. The van der Waals surface area contributed by atoms with Crippen molar-refractivity contribution < 1.29 is 4.79 Å². The first-order valence-corrected chi connectivity index (χ1v) is 8.80. The fourth-order valence-electron chi connectivity index (χ4n) is 3.32. The second-order valence-corrected chi connectivity index (χ2v) is 6.40. The van der Waals surface area contributed by atoms with E-state index in [0.29, 0.717) is 13.0 Å². The Morgan fingerprint density at radius 1 is 1.15 bits per heavy atom. The Morgan fingerprint density at radius 3 is 2.78 bits per heavy atom. The average Bonchev–Trinajstić information content (AvgIpc) is 3.18. The van der Waals surface area contributed by atoms with E-state index in [4.69, 9.17) is 0 Å². The van der Waals surface area contributed by atoms with Gasteiger partial charge in [-0.3, -0.25) is 9.78 Å². The number of aromatic nitrogens is 3. The molecule has 1 saturated heterocycles. The number of nitrogens with zero attached hydrogens (tertiary/aromatic N) is 4. The molecule has 1 N–H and O–H groups in total. The minimum absolute atomic E-state index is 0. The van der Waals surface area contributed by atoms with Crippen LogP contribution >= 0.6 is 12.4 Å². The summed E-state index contributed by atoms with van der Waals surface area (Å²) in [5.41, 5.74) is 2.97. The van der Waals surface area contributed by atoms with E-state index in [0.717, 1.165) is 29.9 Å². The first-order valence-electron chi connectivity index (χ1n) is 8.80. The third kappa shape index (κ3) is 4.35. The van der Waals surface area contributed by atoms with Crippen LogP contribution in [0.2, 0.25) is 0 Å². The molecule has 0 aliphatic carbocycles. The summed E-state index contributed by atoms with van der Waals surface area (Å²) in [7, 11) is 0. The van der Waals surface area contributed by atoms with Crippen LogP contribution in [0, 0.1) is 0 Å². The number of pyridine rings is 1. The van der Waals surface area contributed by atoms with Crippen LogP contribution in [0.5, 0.6) is 0 Å². The fourth-order valence-corrected chi connectivity index (χ4v) is 3.32. The molecular formula is C20H22ClN5O. The second kappa shape index (κ2) is 8.79. The van der Waals surface area contributed by atoms with Gasteiger partial charge in [-0.1, -0.05) is 24.3 Å². The maximum absolute atomic E-state index is 12.9. The molecule has 6 nitrogen and oxygen atoms in total. The second-order valence-electron chi connectivity index (χ2n) is 6.40. The molecule has 7 heteroatoms. The van der Waals surface area contributed by atoms with Gasteiger partial charge in [-0.2, -0.15) is 5.10 Å². The Balaban J connectivity index is 0.00000210. The Bertz CT molecular complexity index is 868. The molecule has 1 aliphatic heterocycles. The number of benzene rings is 1. The maximum atomic E-state index is 12.9. The predicted molar refractivity (Wildman–Crippen MR) is 106 cm³/mol. The summed E-state index contributed by atoms with van der Waals surface area (Å²) < 4.78 is 1.80. The number of para-hydroxylation sites is 1. The summed E-state index contributed by atoms with van der Waals surface area (Å²) in [6.07, 6.45) is 7.64. The predicted octanol–water partition coefficient (Wildman–Crippen LogP) is 2.40. The zero-order chi connectivity index (χ0) is 17.8. The number of carbonyl (C=O) groups excluding carboxylic acids is 1. The number of rotatable bonds is 4. The molecule has 1 amide bonds. The number of piperazine rings is 1. The lowest BCUT2D eigenvalue weighted by Gasteiger charge is -2.36. The van der Waals surface area contributed by atoms with Crippen LogP contribution in [-0.4, -0.2) is 45.2 Å².